The summed E-state index contributed by atoms with van der Waals surface area (Å²) in [5, 5.41) is 6.10. The number of halogens is 1. The zero-order chi connectivity index (χ0) is 11.1. The zero-order valence-corrected chi connectivity index (χ0v) is 10.9. The lowest BCUT2D eigenvalue weighted by Crippen LogP contribution is -2.48. The maximum Gasteiger partial charge on any atom is 0.250 e. The van der Waals surface area contributed by atoms with Gasteiger partial charge in [-0.25, -0.2) is 0 Å². The van der Waals surface area contributed by atoms with Crippen molar-refractivity contribution in [3.63, 3.8) is 0 Å². The molecule has 1 aliphatic rings. The van der Waals surface area contributed by atoms with Crippen molar-refractivity contribution in [2.75, 3.05) is 26.2 Å². The van der Waals surface area contributed by atoms with Gasteiger partial charge in [-0.2, -0.15) is 0 Å². The van der Waals surface area contributed by atoms with E-state index >= 15 is 0 Å². The van der Waals surface area contributed by atoms with Crippen LogP contribution in [0.1, 0.15) is 26.7 Å². The van der Waals surface area contributed by atoms with Crippen LogP contribution in [-0.4, -0.2) is 38.3 Å². The molecule has 0 spiro atoms. The minimum atomic E-state index is -0.298. The number of carbonyl (C=O) groups excluding carboxylic acids is 1. The average Bonchev–Trinajstić information content (AvgIpc) is 2.31. The maximum atomic E-state index is 11.7. The SMILES string of the molecule is CCC(CC)CNC(=O)C1CNCCO1.Cl. The lowest BCUT2D eigenvalue weighted by atomic mass is 10.0. The molecule has 1 amide bonds. The number of hydrogen-bond donors (Lipinski definition) is 2. The number of rotatable bonds is 5. The third-order valence-corrected chi connectivity index (χ3v) is 2.94. The first-order valence-corrected chi connectivity index (χ1v) is 5.88. The number of carbonyl (C=O) groups is 1. The van der Waals surface area contributed by atoms with Gasteiger partial charge in [0.15, 0.2) is 0 Å². The summed E-state index contributed by atoms with van der Waals surface area (Å²) in [6.07, 6.45) is 1.93. The Morgan fingerprint density at radius 2 is 2.19 bits per heavy atom. The Morgan fingerprint density at radius 1 is 1.50 bits per heavy atom. The van der Waals surface area contributed by atoms with Crippen LogP contribution in [-0.2, 0) is 9.53 Å². The predicted molar refractivity (Wildman–Crippen MR) is 66.9 cm³/mol. The highest BCUT2D eigenvalue weighted by Gasteiger charge is 2.21. The van der Waals surface area contributed by atoms with Crippen LogP contribution in [0.25, 0.3) is 0 Å². The Balaban J connectivity index is 0.00000225. The van der Waals surface area contributed by atoms with E-state index in [1.54, 1.807) is 0 Å². The van der Waals surface area contributed by atoms with Gasteiger partial charge >= 0.3 is 0 Å². The largest absolute Gasteiger partial charge is 0.366 e. The smallest absolute Gasteiger partial charge is 0.250 e. The maximum absolute atomic E-state index is 11.7. The summed E-state index contributed by atoms with van der Waals surface area (Å²) in [4.78, 5) is 11.7. The highest BCUT2D eigenvalue weighted by molar-refractivity contribution is 5.85. The van der Waals surface area contributed by atoms with Crippen molar-refractivity contribution in [2.45, 2.75) is 32.8 Å². The number of hydrogen-bond acceptors (Lipinski definition) is 3. The average molecular weight is 251 g/mol. The van der Waals surface area contributed by atoms with Gasteiger partial charge in [0.1, 0.15) is 6.10 Å². The molecule has 2 N–H and O–H groups in total. The first-order valence-electron chi connectivity index (χ1n) is 5.88. The van der Waals surface area contributed by atoms with E-state index in [1.807, 2.05) is 0 Å². The van der Waals surface area contributed by atoms with Crippen LogP contribution in [0, 0.1) is 5.92 Å². The first-order chi connectivity index (χ1) is 7.27. The second-order valence-electron chi connectivity index (χ2n) is 3.99. The van der Waals surface area contributed by atoms with Crippen molar-refractivity contribution in [2.24, 2.45) is 5.92 Å². The summed E-state index contributed by atoms with van der Waals surface area (Å²) < 4.78 is 5.36. The molecule has 0 saturated carbocycles. The fourth-order valence-electron chi connectivity index (χ4n) is 1.67. The van der Waals surface area contributed by atoms with Gasteiger partial charge in [-0.15, -0.1) is 12.4 Å². The Labute approximate surface area is 104 Å². The molecule has 1 rings (SSSR count). The zero-order valence-electron chi connectivity index (χ0n) is 10.1. The molecule has 1 fully saturated rings. The summed E-state index contributed by atoms with van der Waals surface area (Å²) >= 11 is 0. The van der Waals surface area contributed by atoms with Crippen LogP contribution in [0.15, 0.2) is 0 Å². The van der Waals surface area contributed by atoms with Gasteiger partial charge in [0, 0.05) is 19.6 Å². The molecular formula is C11H23ClN2O2. The summed E-state index contributed by atoms with van der Waals surface area (Å²) in [6, 6.07) is 0. The Morgan fingerprint density at radius 3 is 2.69 bits per heavy atom. The topological polar surface area (TPSA) is 50.4 Å². The molecule has 96 valence electrons. The molecule has 1 atom stereocenters. The van der Waals surface area contributed by atoms with Crippen LogP contribution in [0.4, 0.5) is 0 Å². The first kappa shape index (κ1) is 15.7. The van der Waals surface area contributed by atoms with E-state index in [0.717, 1.165) is 25.9 Å². The second kappa shape index (κ2) is 8.79. The number of ether oxygens (including phenoxy) is 1. The lowest BCUT2D eigenvalue weighted by Gasteiger charge is -2.23. The molecule has 4 nitrogen and oxygen atoms in total. The highest BCUT2D eigenvalue weighted by Crippen LogP contribution is 2.05. The summed E-state index contributed by atoms with van der Waals surface area (Å²) in [5.41, 5.74) is 0. The molecule has 1 aliphatic heterocycles. The molecule has 0 aliphatic carbocycles. The van der Waals surface area contributed by atoms with Crippen molar-refractivity contribution in [1.29, 1.82) is 0 Å². The summed E-state index contributed by atoms with van der Waals surface area (Å²) in [6.45, 7) is 7.18. The lowest BCUT2D eigenvalue weighted by molar-refractivity contribution is -0.134. The minimum absolute atomic E-state index is 0. The Bertz CT molecular complexity index is 192. The summed E-state index contributed by atoms with van der Waals surface area (Å²) in [5.74, 6) is 0.611. The molecule has 5 heteroatoms. The van der Waals surface area contributed by atoms with E-state index in [2.05, 4.69) is 24.5 Å². The van der Waals surface area contributed by atoms with Gasteiger partial charge in [0.25, 0.3) is 0 Å². The van der Waals surface area contributed by atoms with E-state index < -0.39 is 0 Å². The highest BCUT2D eigenvalue weighted by atomic mass is 35.5. The Kier molecular flexibility index (Phi) is 8.61. The number of amides is 1. The van der Waals surface area contributed by atoms with E-state index in [0.29, 0.717) is 19.1 Å². The molecule has 1 heterocycles. The number of morpholine rings is 1. The van der Waals surface area contributed by atoms with Crippen LogP contribution in [0.5, 0.6) is 0 Å². The fourth-order valence-corrected chi connectivity index (χ4v) is 1.67. The van der Waals surface area contributed by atoms with Crippen LogP contribution in [0.3, 0.4) is 0 Å². The van der Waals surface area contributed by atoms with Gasteiger partial charge in [0.2, 0.25) is 5.91 Å². The molecule has 0 aromatic rings. The van der Waals surface area contributed by atoms with Crippen molar-refractivity contribution in [3.8, 4) is 0 Å². The third-order valence-electron chi connectivity index (χ3n) is 2.94. The van der Waals surface area contributed by atoms with Gasteiger partial charge in [-0.05, 0) is 5.92 Å². The van der Waals surface area contributed by atoms with Crippen LogP contribution >= 0.6 is 12.4 Å². The second-order valence-corrected chi connectivity index (χ2v) is 3.99. The van der Waals surface area contributed by atoms with Crippen molar-refractivity contribution in [3.05, 3.63) is 0 Å². The monoisotopic (exact) mass is 250 g/mol. The van der Waals surface area contributed by atoms with Gasteiger partial charge in [-0.1, -0.05) is 26.7 Å². The quantitative estimate of drug-likeness (QED) is 0.764. The van der Waals surface area contributed by atoms with Crippen LogP contribution in [0.2, 0.25) is 0 Å². The molecule has 0 aromatic heterocycles. The van der Waals surface area contributed by atoms with Gasteiger partial charge in [-0.3, -0.25) is 4.79 Å². The summed E-state index contributed by atoms with van der Waals surface area (Å²) in [7, 11) is 0. The predicted octanol–water partition coefficient (Wildman–Crippen LogP) is 0.949. The molecule has 0 aromatic carbocycles. The standard InChI is InChI=1S/C11H22N2O2.ClH/c1-3-9(4-2)7-13-11(14)10-8-12-5-6-15-10;/h9-10,12H,3-8H2,1-2H3,(H,13,14);1H. The van der Waals surface area contributed by atoms with E-state index in [9.17, 15) is 4.79 Å². The molecule has 0 bridgehead atoms. The molecule has 0 radical (unpaired) electrons. The van der Waals surface area contributed by atoms with Crippen molar-refractivity contribution < 1.29 is 9.53 Å². The molecule has 1 unspecified atom stereocenters. The van der Waals surface area contributed by atoms with Gasteiger partial charge in [0.05, 0.1) is 6.61 Å². The van der Waals surface area contributed by atoms with E-state index in [-0.39, 0.29) is 24.4 Å². The fraction of sp³-hybridized carbons (Fsp3) is 0.909. The van der Waals surface area contributed by atoms with Gasteiger partial charge < -0.3 is 15.4 Å². The molecular weight excluding hydrogens is 228 g/mol. The van der Waals surface area contributed by atoms with Crippen molar-refractivity contribution >= 4 is 18.3 Å². The van der Waals surface area contributed by atoms with Crippen molar-refractivity contribution in [1.82, 2.24) is 10.6 Å². The molecule has 1 saturated heterocycles. The minimum Gasteiger partial charge on any atom is -0.366 e. The van der Waals surface area contributed by atoms with E-state index in [4.69, 9.17) is 4.74 Å². The van der Waals surface area contributed by atoms with Crippen LogP contribution < -0.4 is 10.6 Å². The van der Waals surface area contributed by atoms with E-state index in [1.165, 1.54) is 0 Å². The normalized spacial score (nSPS) is 20.3. The third kappa shape index (κ3) is 5.14. The molecule has 16 heavy (non-hydrogen) atoms. The number of nitrogens with one attached hydrogen (secondary N) is 2. The Hall–Kier alpha value is -0.320.